The van der Waals surface area contributed by atoms with Gasteiger partial charge in [0.25, 0.3) is 0 Å². The topological polar surface area (TPSA) is 71.4 Å². The molecule has 3 aromatic carbocycles. The Balaban J connectivity index is 1.46. The Morgan fingerprint density at radius 1 is 0.929 bits per heavy atom. The van der Waals surface area contributed by atoms with Crippen LogP contribution < -0.4 is 20.3 Å². The second-order valence-electron chi connectivity index (χ2n) is 11.4. The molecule has 8 heteroatoms. The van der Waals surface area contributed by atoms with Crippen LogP contribution in [0.3, 0.4) is 0 Å². The second kappa shape index (κ2) is 10.9. The standard InChI is InChI=1S/C34H33N5O2S/c1-34(2,3)32(40)36-26-17-16-25(21-29(26)41-4)39-31(30(37-33(39)42)27-12-7-8-18-35-27)28-13-9-19-38(28)24-15-14-22-10-5-6-11-23(22)20-24/h5-21,30-31H,1-4H3,(H,36,40)(H,37,42)/t30-,31-/m1/s1. The maximum absolute atomic E-state index is 12.7. The molecule has 212 valence electrons. The number of benzene rings is 3. The normalized spacial score (nSPS) is 16.9. The van der Waals surface area contributed by atoms with Crippen LogP contribution in [0.25, 0.3) is 16.5 Å². The zero-order valence-electron chi connectivity index (χ0n) is 24.0. The molecule has 1 aliphatic heterocycles. The van der Waals surface area contributed by atoms with Crippen LogP contribution in [-0.4, -0.2) is 27.7 Å². The molecule has 1 saturated heterocycles. The molecular formula is C34H33N5O2S. The molecule has 2 atom stereocenters. The lowest BCUT2D eigenvalue weighted by molar-refractivity contribution is -0.123. The van der Waals surface area contributed by atoms with Gasteiger partial charge in [0.2, 0.25) is 5.91 Å². The number of hydrogen-bond acceptors (Lipinski definition) is 4. The lowest BCUT2D eigenvalue weighted by Crippen LogP contribution is -2.30. The first-order valence-corrected chi connectivity index (χ1v) is 14.3. The van der Waals surface area contributed by atoms with Crippen molar-refractivity contribution in [2.75, 3.05) is 17.3 Å². The number of hydrogen-bond donors (Lipinski definition) is 2. The number of carbonyl (C=O) groups excluding carboxylic acids is 1. The Hall–Kier alpha value is -4.69. The Bertz CT molecular complexity index is 1780. The summed E-state index contributed by atoms with van der Waals surface area (Å²) in [4.78, 5) is 19.5. The van der Waals surface area contributed by atoms with Crippen molar-refractivity contribution in [2.24, 2.45) is 5.41 Å². The van der Waals surface area contributed by atoms with Gasteiger partial charge in [0, 0.05) is 40.9 Å². The van der Waals surface area contributed by atoms with E-state index < -0.39 is 5.41 Å². The highest BCUT2D eigenvalue weighted by Crippen LogP contribution is 2.44. The number of nitrogens with zero attached hydrogens (tertiary/aromatic N) is 3. The van der Waals surface area contributed by atoms with Gasteiger partial charge in [0.1, 0.15) is 11.8 Å². The average Bonchev–Trinajstić information content (AvgIpc) is 3.61. The average molecular weight is 576 g/mol. The molecule has 1 amide bonds. The highest BCUT2D eigenvalue weighted by molar-refractivity contribution is 7.80. The lowest BCUT2D eigenvalue weighted by Gasteiger charge is -2.29. The van der Waals surface area contributed by atoms with Gasteiger partial charge in [-0.3, -0.25) is 9.78 Å². The van der Waals surface area contributed by atoms with Crippen molar-refractivity contribution >= 4 is 45.4 Å². The zero-order chi connectivity index (χ0) is 29.4. The Morgan fingerprint density at radius 2 is 1.69 bits per heavy atom. The Labute approximate surface area is 251 Å². The molecule has 42 heavy (non-hydrogen) atoms. The largest absolute Gasteiger partial charge is 0.494 e. The quantitative estimate of drug-likeness (QED) is 0.209. The third-order valence-electron chi connectivity index (χ3n) is 7.59. The van der Waals surface area contributed by atoms with Gasteiger partial charge in [-0.1, -0.05) is 57.2 Å². The smallest absolute Gasteiger partial charge is 0.229 e. The molecule has 5 aromatic rings. The lowest BCUT2D eigenvalue weighted by atomic mass is 9.95. The monoisotopic (exact) mass is 575 g/mol. The maximum atomic E-state index is 12.7. The van der Waals surface area contributed by atoms with Crippen LogP contribution in [0.15, 0.2) is 103 Å². The third kappa shape index (κ3) is 5.10. The first kappa shape index (κ1) is 27.5. The van der Waals surface area contributed by atoms with Crippen LogP contribution in [0.1, 0.15) is 44.2 Å². The van der Waals surface area contributed by atoms with Crippen LogP contribution in [0.4, 0.5) is 11.4 Å². The number of aromatic nitrogens is 2. The first-order chi connectivity index (χ1) is 20.2. The van der Waals surface area contributed by atoms with Gasteiger partial charge < -0.3 is 24.8 Å². The first-order valence-electron chi connectivity index (χ1n) is 13.9. The zero-order valence-corrected chi connectivity index (χ0v) is 24.9. The second-order valence-corrected chi connectivity index (χ2v) is 11.8. The van der Waals surface area contributed by atoms with Crippen LogP contribution in [0.2, 0.25) is 0 Å². The number of fused-ring (bicyclic) bond motifs is 1. The number of ether oxygens (including phenoxy) is 1. The highest BCUT2D eigenvalue weighted by Gasteiger charge is 2.42. The SMILES string of the molecule is COc1cc(N2C(=S)N[C@H](c3ccccn3)[C@H]2c2cccn2-c2ccc3ccccc3c2)ccc1NC(=O)C(C)(C)C. The van der Waals surface area contributed by atoms with E-state index in [1.54, 1.807) is 13.3 Å². The van der Waals surface area contributed by atoms with Crippen molar-refractivity contribution in [3.05, 3.63) is 115 Å². The van der Waals surface area contributed by atoms with Crippen LogP contribution >= 0.6 is 12.2 Å². The number of pyridine rings is 1. The molecule has 1 aliphatic rings. The van der Waals surface area contributed by atoms with Crippen molar-refractivity contribution in [1.29, 1.82) is 0 Å². The summed E-state index contributed by atoms with van der Waals surface area (Å²) in [6.45, 7) is 5.64. The molecule has 0 radical (unpaired) electrons. The molecular weight excluding hydrogens is 542 g/mol. The molecule has 7 nitrogen and oxygen atoms in total. The van der Waals surface area contributed by atoms with Crippen LogP contribution in [0.5, 0.6) is 5.75 Å². The van der Waals surface area contributed by atoms with Crippen molar-refractivity contribution in [1.82, 2.24) is 14.9 Å². The number of anilines is 2. The minimum absolute atomic E-state index is 0.0896. The van der Waals surface area contributed by atoms with E-state index in [1.165, 1.54) is 10.8 Å². The van der Waals surface area contributed by atoms with E-state index >= 15 is 0 Å². The summed E-state index contributed by atoms with van der Waals surface area (Å²) in [5.74, 6) is 0.464. The summed E-state index contributed by atoms with van der Waals surface area (Å²) >= 11 is 5.97. The van der Waals surface area contributed by atoms with Gasteiger partial charge in [0.15, 0.2) is 5.11 Å². The van der Waals surface area contributed by atoms with Gasteiger partial charge in [-0.15, -0.1) is 0 Å². The number of nitrogens with one attached hydrogen (secondary N) is 2. The number of carbonyl (C=O) groups is 1. The van der Waals surface area contributed by atoms with Crippen LogP contribution in [-0.2, 0) is 4.79 Å². The molecule has 0 unspecified atom stereocenters. The Morgan fingerprint density at radius 3 is 2.43 bits per heavy atom. The number of methoxy groups -OCH3 is 1. The molecule has 3 heterocycles. The van der Waals surface area contributed by atoms with E-state index in [-0.39, 0.29) is 18.0 Å². The van der Waals surface area contributed by atoms with E-state index in [0.29, 0.717) is 16.5 Å². The summed E-state index contributed by atoms with van der Waals surface area (Å²) in [6, 6.07) is 30.3. The third-order valence-corrected chi connectivity index (χ3v) is 7.90. The summed E-state index contributed by atoms with van der Waals surface area (Å²) in [5.41, 5.74) is 3.91. The predicted molar refractivity (Wildman–Crippen MR) is 172 cm³/mol. The molecule has 2 N–H and O–H groups in total. The van der Waals surface area contributed by atoms with Crippen molar-refractivity contribution in [3.8, 4) is 11.4 Å². The fourth-order valence-electron chi connectivity index (χ4n) is 5.37. The molecule has 2 aromatic heterocycles. The van der Waals surface area contributed by atoms with Crippen molar-refractivity contribution in [3.63, 3.8) is 0 Å². The van der Waals surface area contributed by atoms with E-state index in [2.05, 4.69) is 80.9 Å². The van der Waals surface area contributed by atoms with Crippen molar-refractivity contribution < 1.29 is 9.53 Å². The van der Waals surface area contributed by atoms with Gasteiger partial charge in [-0.25, -0.2) is 0 Å². The van der Waals surface area contributed by atoms with Gasteiger partial charge in [-0.2, -0.15) is 0 Å². The van der Waals surface area contributed by atoms with Crippen molar-refractivity contribution in [2.45, 2.75) is 32.9 Å². The number of amides is 1. The molecule has 1 fully saturated rings. The minimum Gasteiger partial charge on any atom is -0.494 e. The van der Waals surface area contributed by atoms with E-state index in [4.69, 9.17) is 21.9 Å². The number of rotatable bonds is 6. The molecule has 0 saturated carbocycles. The molecule has 0 spiro atoms. The summed E-state index contributed by atoms with van der Waals surface area (Å²) in [5, 5.41) is 9.49. The number of thiocarbonyl (C=S) groups is 1. The maximum Gasteiger partial charge on any atom is 0.229 e. The molecule has 0 aliphatic carbocycles. The van der Waals surface area contributed by atoms with Gasteiger partial charge in [0.05, 0.1) is 24.5 Å². The summed E-state index contributed by atoms with van der Waals surface area (Å²) in [7, 11) is 1.60. The summed E-state index contributed by atoms with van der Waals surface area (Å²) < 4.78 is 7.96. The van der Waals surface area contributed by atoms with E-state index in [9.17, 15) is 4.79 Å². The Kier molecular flexibility index (Phi) is 7.16. The minimum atomic E-state index is -0.542. The fraction of sp³-hybridized carbons (Fsp3) is 0.206. The fourth-order valence-corrected chi connectivity index (χ4v) is 5.72. The van der Waals surface area contributed by atoms with Gasteiger partial charge >= 0.3 is 0 Å². The van der Waals surface area contributed by atoms with Crippen LogP contribution in [0, 0.1) is 5.41 Å². The molecule has 0 bridgehead atoms. The predicted octanol–water partition coefficient (Wildman–Crippen LogP) is 7.20. The summed E-state index contributed by atoms with van der Waals surface area (Å²) in [6.07, 6.45) is 3.89. The van der Waals surface area contributed by atoms with E-state index in [1.807, 2.05) is 57.2 Å². The highest BCUT2D eigenvalue weighted by atomic mass is 32.1. The molecule has 6 rings (SSSR count). The van der Waals surface area contributed by atoms with Gasteiger partial charge in [-0.05, 0) is 71.5 Å². The van der Waals surface area contributed by atoms with E-state index in [0.717, 1.165) is 22.8 Å².